The van der Waals surface area contributed by atoms with E-state index in [1.54, 1.807) is 49.9 Å². The summed E-state index contributed by atoms with van der Waals surface area (Å²) in [6, 6.07) is 10.6. The molecule has 0 bridgehead atoms. The fourth-order valence-corrected chi connectivity index (χ4v) is 7.11. The van der Waals surface area contributed by atoms with Gasteiger partial charge in [0.15, 0.2) is 21.6 Å². The number of ether oxygens (including phenoxy) is 1. The predicted molar refractivity (Wildman–Crippen MR) is 179 cm³/mol. The molecule has 260 valence electrons. The number of hydrogen-bond acceptors (Lipinski definition) is 10. The van der Waals surface area contributed by atoms with Gasteiger partial charge in [-0.2, -0.15) is 28.2 Å². The second kappa shape index (κ2) is 13.9. The van der Waals surface area contributed by atoms with E-state index in [4.69, 9.17) is 9.72 Å². The number of halogens is 3. The summed E-state index contributed by atoms with van der Waals surface area (Å²) in [5, 5.41) is 23.2. The number of H-pyrrole nitrogens is 1. The second-order valence-electron chi connectivity index (χ2n) is 12.8. The number of anilines is 4. The smallest absolute Gasteiger partial charge is 0.415 e. The lowest BCUT2D eigenvalue weighted by Crippen LogP contribution is -2.44. The molecule has 0 radical (unpaired) electrons. The first-order chi connectivity index (χ1) is 22.5. The van der Waals surface area contributed by atoms with Crippen LogP contribution >= 0.6 is 0 Å². The zero-order valence-electron chi connectivity index (χ0n) is 27.8. The summed E-state index contributed by atoms with van der Waals surface area (Å²) < 4.78 is 71.2. The van der Waals surface area contributed by atoms with Crippen LogP contribution in [0.5, 0.6) is 5.75 Å². The third kappa shape index (κ3) is 7.68. The van der Waals surface area contributed by atoms with Crippen molar-refractivity contribution in [2.45, 2.75) is 88.8 Å². The fourth-order valence-electron chi connectivity index (χ4n) is 5.91. The highest BCUT2D eigenvalue weighted by molar-refractivity contribution is 7.92. The van der Waals surface area contributed by atoms with Crippen molar-refractivity contribution in [3.63, 3.8) is 0 Å². The minimum Gasteiger partial charge on any atom is -0.489 e. The minimum absolute atomic E-state index is 0.103. The molecule has 11 nitrogen and oxygen atoms in total. The van der Waals surface area contributed by atoms with E-state index in [1.165, 1.54) is 0 Å². The first-order valence-corrected chi connectivity index (χ1v) is 17.5. The van der Waals surface area contributed by atoms with Gasteiger partial charge in [-0.1, -0.05) is 12.1 Å². The molecule has 3 heterocycles. The van der Waals surface area contributed by atoms with Crippen molar-refractivity contribution in [3.8, 4) is 5.75 Å². The molecular formula is C33H42F3N7O4S. The van der Waals surface area contributed by atoms with E-state index in [0.717, 1.165) is 11.1 Å². The van der Waals surface area contributed by atoms with Crippen molar-refractivity contribution in [3.05, 3.63) is 53.2 Å². The van der Waals surface area contributed by atoms with Crippen molar-refractivity contribution < 1.29 is 31.4 Å². The molecule has 5 rings (SSSR count). The molecule has 0 aliphatic carbocycles. The predicted octanol–water partition coefficient (Wildman–Crippen LogP) is 6.53. The molecule has 0 spiro atoms. The lowest BCUT2D eigenvalue weighted by atomic mass is 9.86. The van der Waals surface area contributed by atoms with Crippen molar-refractivity contribution in [2.24, 2.45) is 0 Å². The van der Waals surface area contributed by atoms with E-state index >= 15 is 0 Å². The molecule has 48 heavy (non-hydrogen) atoms. The Morgan fingerprint density at radius 2 is 1.73 bits per heavy atom. The van der Waals surface area contributed by atoms with E-state index < -0.39 is 33.9 Å². The number of aryl methyl sites for hydroxylation is 2. The summed E-state index contributed by atoms with van der Waals surface area (Å²) >= 11 is 0. The van der Waals surface area contributed by atoms with Crippen molar-refractivity contribution in [2.75, 3.05) is 30.3 Å². The van der Waals surface area contributed by atoms with Crippen molar-refractivity contribution >= 4 is 44.0 Å². The molecule has 1 atom stereocenters. The highest BCUT2D eigenvalue weighted by Crippen LogP contribution is 2.39. The van der Waals surface area contributed by atoms with Crippen molar-refractivity contribution in [1.29, 1.82) is 0 Å². The number of alkyl halides is 3. The van der Waals surface area contributed by atoms with Gasteiger partial charge in [-0.15, -0.1) is 0 Å². The van der Waals surface area contributed by atoms with Gasteiger partial charge in [0.05, 0.1) is 38.7 Å². The topological polar surface area (TPSA) is 145 Å². The first-order valence-electron chi connectivity index (χ1n) is 15.9. The maximum atomic E-state index is 13.2. The molecule has 0 unspecified atom stereocenters. The normalized spacial score (nSPS) is 15.8. The number of nitrogens with zero attached hydrogens (tertiary/aromatic N) is 4. The average Bonchev–Trinajstić information content (AvgIpc) is 3.38. The van der Waals surface area contributed by atoms with E-state index in [0.29, 0.717) is 65.6 Å². The summed E-state index contributed by atoms with van der Waals surface area (Å²) in [6.07, 6.45) is -5.89. The van der Waals surface area contributed by atoms with Gasteiger partial charge >= 0.3 is 6.18 Å². The van der Waals surface area contributed by atoms with Crippen molar-refractivity contribution in [1.82, 2.24) is 25.1 Å². The van der Waals surface area contributed by atoms with Crippen LogP contribution in [0.4, 0.5) is 36.3 Å². The third-order valence-corrected chi connectivity index (χ3v) is 10.7. The molecular weight excluding hydrogens is 647 g/mol. The number of rotatable bonds is 11. The average molecular weight is 690 g/mol. The number of para-hydroxylation sites is 1. The van der Waals surface area contributed by atoms with Gasteiger partial charge in [-0.25, -0.2) is 8.42 Å². The highest BCUT2D eigenvalue weighted by Gasteiger charge is 2.39. The minimum atomic E-state index is -4.64. The Bertz CT molecular complexity index is 1870. The number of piperidine rings is 1. The Balaban J connectivity index is 1.45. The van der Waals surface area contributed by atoms with Crippen LogP contribution in [0.25, 0.3) is 11.0 Å². The number of likely N-dealkylation sites (tertiary alicyclic amines) is 1. The lowest BCUT2D eigenvalue weighted by Gasteiger charge is -2.34. The number of aliphatic hydroxyl groups is 1. The molecule has 1 fully saturated rings. The standard InChI is InChI=1S/C33H42F3N7O4S/c1-18(2)47-26-16-23(22-11-13-43(14-12-22)17-28(44)33(34,35)36)20(5)15-25(26)38-32-39-30(29-21(6)41-42-31(29)40-32)37-24-9-7-8-10-27(24)48(45,46)19(3)4/h7-10,15-16,18-19,22,28,44H,11-14,17H2,1-6H3,(H3,37,38,39,40,41,42)/t28-/m0/s1. The summed E-state index contributed by atoms with van der Waals surface area (Å²) in [6.45, 7) is 11.3. The molecule has 15 heteroatoms. The van der Waals surface area contributed by atoms with Gasteiger partial charge in [0.2, 0.25) is 5.95 Å². The number of nitrogens with one attached hydrogen (secondary N) is 3. The van der Waals surface area contributed by atoms with Gasteiger partial charge < -0.3 is 25.4 Å². The Morgan fingerprint density at radius 3 is 2.38 bits per heavy atom. The summed E-state index contributed by atoms with van der Waals surface area (Å²) in [5.41, 5.74) is 4.07. The van der Waals surface area contributed by atoms with Gasteiger partial charge in [-0.3, -0.25) is 5.10 Å². The molecule has 0 amide bonds. The van der Waals surface area contributed by atoms with Crippen LogP contribution in [-0.4, -0.2) is 81.9 Å². The number of benzene rings is 2. The zero-order valence-corrected chi connectivity index (χ0v) is 28.6. The van der Waals surface area contributed by atoms with Crippen LogP contribution in [0.15, 0.2) is 41.3 Å². The third-order valence-electron chi connectivity index (χ3n) is 8.48. The van der Waals surface area contributed by atoms with Crippen LogP contribution in [0.1, 0.15) is 63.3 Å². The summed E-state index contributed by atoms with van der Waals surface area (Å²) in [7, 11) is -3.61. The van der Waals surface area contributed by atoms with E-state index in [2.05, 4.69) is 25.8 Å². The monoisotopic (exact) mass is 689 g/mol. The Morgan fingerprint density at radius 1 is 1.04 bits per heavy atom. The molecule has 4 aromatic rings. The second-order valence-corrected chi connectivity index (χ2v) is 15.2. The summed E-state index contributed by atoms with van der Waals surface area (Å²) in [4.78, 5) is 11.2. The van der Waals surface area contributed by atoms with Gasteiger partial charge in [0.1, 0.15) is 11.6 Å². The SMILES string of the molecule is Cc1cc(Nc2nc(Nc3ccccc3S(=O)(=O)C(C)C)c3c(C)n[nH]c3n2)c(OC(C)C)cc1C1CCN(C[C@H](O)C(F)(F)F)CC1. The number of fused-ring (bicyclic) bond motifs is 1. The molecule has 4 N–H and O–H groups in total. The lowest BCUT2D eigenvalue weighted by molar-refractivity contribution is -0.208. The van der Waals surface area contributed by atoms with E-state index in [1.807, 2.05) is 32.9 Å². The number of hydrogen-bond donors (Lipinski definition) is 4. The molecule has 1 aliphatic heterocycles. The van der Waals surface area contributed by atoms with Crippen LogP contribution in [0, 0.1) is 13.8 Å². The van der Waals surface area contributed by atoms with E-state index in [-0.39, 0.29) is 22.9 Å². The first kappa shape index (κ1) is 35.4. The Hall–Kier alpha value is -3.95. The van der Waals surface area contributed by atoms with Crippen LogP contribution in [0.2, 0.25) is 0 Å². The number of aliphatic hydroxyl groups excluding tert-OH is 1. The molecule has 2 aromatic heterocycles. The molecule has 2 aromatic carbocycles. The highest BCUT2D eigenvalue weighted by atomic mass is 32.2. The number of sulfone groups is 1. The van der Waals surface area contributed by atoms with Gasteiger partial charge in [0, 0.05) is 6.54 Å². The maximum Gasteiger partial charge on any atom is 0.415 e. The number of aromatic nitrogens is 4. The summed E-state index contributed by atoms with van der Waals surface area (Å²) in [5.74, 6) is 1.25. The quantitative estimate of drug-likeness (QED) is 0.137. The van der Waals surface area contributed by atoms with Crippen LogP contribution < -0.4 is 15.4 Å². The molecule has 1 saturated heterocycles. The maximum absolute atomic E-state index is 13.2. The van der Waals surface area contributed by atoms with Crippen LogP contribution in [0.3, 0.4) is 0 Å². The molecule has 1 aliphatic rings. The fraction of sp³-hybridized carbons (Fsp3) is 0.485. The Kier molecular flexibility index (Phi) is 10.2. The van der Waals surface area contributed by atoms with Crippen LogP contribution in [-0.2, 0) is 9.84 Å². The zero-order chi connectivity index (χ0) is 35.0. The van der Waals surface area contributed by atoms with Gasteiger partial charge in [-0.05, 0) is 109 Å². The van der Waals surface area contributed by atoms with E-state index in [9.17, 15) is 26.7 Å². The largest absolute Gasteiger partial charge is 0.489 e. The molecule has 0 saturated carbocycles. The van der Waals surface area contributed by atoms with Gasteiger partial charge in [0.25, 0.3) is 0 Å². The Labute approximate surface area is 278 Å². The number of aromatic amines is 1. The number of β-amino-alcohol motifs (C(OH)–C–C–N with tert-alkyl or cyclic N) is 1.